The monoisotopic (exact) mass is 269 g/mol. The van der Waals surface area contributed by atoms with Crippen LogP contribution in [0.1, 0.15) is 44.9 Å². The second-order valence-corrected chi connectivity index (χ2v) is 7.68. The minimum absolute atomic E-state index is 0.284. The van der Waals surface area contributed by atoms with Crippen LogP contribution in [0.3, 0.4) is 0 Å². The molecule has 3 rings (SSSR count). The zero-order chi connectivity index (χ0) is 12.4. The third-order valence-corrected chi connectivity index (χ3v) is 6.47. The van der Waals surface area contributed by atoms with Crippen LogP contribution < -0.4 is 5.32 Å². The summed E-state index contributed by atoms with van der Waals surface area (Å²) in [6, 6.07) is 0.788. The van der Waals surface area contributed by atoms with E-state index >= 15 is 0 Å². The maximum absolute atomic E-state index is 6.22. The molecule has 0 aromatic rings. The second-order valence-electron chi connectivity index (χ2n) is 6.46. The van der Waals surface area contributed by atoms with E-state index in [4.69, 9.17) is 4.74 Å². The third kappa shape index (κ3) is 2.73. The Bertz CT molecular complexity index is 272. The van der Waals surface area contributed by atoms with Crippen molar-refractivity contribution < 1.29 is 4.74 Å². The van der Waals surface area contributed by atoms with Gasteiger partial charge in [-0.3, -0.25) is 0 Å². The lowest BCUT2D eigenvalue weighted by molar-refractivity contribution is -0.110. The topological polar surface area (TPSA) is 21.3 Å². The van der Waals surface area contributed by atoms with Gasteiger partial charge in [0.25, 0.3) is 0 Å². The average molecular weight is 269 g/mol. The Morgan fingerprint density at radius 1 is 1.11 bits per heavy atom. The highest BCUT2D eigenvalue weighted by Gasteiger charge is 2.42. The Morgan fingerprint density at radius 2 is 1.94 bits per heavy atom. The van der Waals surface area contributed by atoms with Gasteiger partial charge in [-0.05, 0) is 75.3 Å². The Morgan fingerprint density at radius 3 is 2.67 bits per heavy atom. The molecular formula is C15H27NOS. The highest BCUT2D eigenvalue weighted by atomic mass is 32.2. The Labute approximate surface area is 116 Å². The lowest BCUT2D eigenvalue weighted by Crippen LogP contribution is -2.44. The van der Waals surface area contributed by atoms with E-state index < -0.39 is 0 Å². The molecule has 3 aliphatic rings. The summed E-state index contributed by atoms with van der Waals surface area (Å²) in [6.45, 7) is 1.02. The van der Waals surface area contributed by atoms with Crippen molar-refractivity contribution in [2.45, 2.75) is 56.6 Å². The molecular weight excluding hydrogens is 242 g/mol. The summed E-state index contributed by atoms with van der Waals surface area (Å²) in [5.41, 5.74) is 0.284. The van der Waals surface area contributed by atoms with Crippen molar-refractivity contribution in [1.29, 1.82) is 0 Å². The van der Waals surface area contributed by atoms with Gasteiger partial charge in [0, 0.05) is 12.6 Å². The molecule has 0 aromatic carbocycles. The van der Waals surface area contributed by atoms with E-state index in [9.17, 15) is 0 Å². The molecule has 104 valence electrons. The zero-order valence-electron chi connectivity index (χ0n) is 11.6. The fourth-order valence-electron chi connectivity index (χ4n) is 4.27. The van der Waals surface area contributed by atoms with Crippen molar-refractivity contribution in [3.05, 3.63) is 0 Å². The molecule has 0 aromatic heterocycles. The molecule has 3 fully saturated rings. The van der Waals surface area contributed by atoms with Gasteiger partial charge in [0.2, 0.25) is 0 Å². The largest absolute Gasteiger partial charge is 0.375 e. The summed E-state index contributed by atoms with van der Waals surface area (Å²) in [7, 11) is 2.12. The Balaban J connectivity index is 1.60. The van der Waals surface area contributed by atoms with Gasteiger partial charge < -0.3 is 10.1 Å². The van der Waals surface area contributed by atoms with Gasteiger partial charge in [-0.15, -0.1) is 0 Å². The number of nitrogens with one attached hydrogen (secondary N) is 1. The molecule has 1 N–H and O–H groups in total. The summed E-state index contributed by atoms with van der Waals surface area (Å²) >= 11 is 2.11. The first kappa shape index (κ1) is 13.3. The molecule has 3 atom stereocenters. The van der Waals surface area contributed by atoms with Crippen molar-refractivity contribution >= 4 is 11.8 Å². The molecule has 3 unspecified atom stereocenters. The van der Waals surface area contributed by atoms with Crippen LogP contribution in [0.15, 0.2) is 0 Å². The molecule has 0 amide bonds. The maximum atomic E-state index is 6.22. The molecule has 2 aliphatic heterocycles. The molecule has 1 saturated carbocycles. The SMILES string of the molecule is CNC1CCC(C2CCOC3(CCSCC3)C2)C1. The van der Waals surface area contributed by atoms with Gasteiger partial charge in [-0.25, -0.2) is 0 Å². The van der Waals surface area contributed by atoms with Gasteiger partial charge in [0.05, 0.1) is 5.60 Å². The Kier molecular flexibility index (Phi) is 4.21. The predicted octanol–water partition coefficient (Wildman–Crippen LogP) is 3.07. The average Bonchev–Trinajstić information content (AvgIpc) is 2.88. The molecule has 2 saturated heterocycles. The number of thioether (sulfide) groups is 1. The van der Waals surface area contributed by atoms with Gasteiger partial charge in [-0.2, -0.15) is 11.8 Å². The van der Waals surface area contributed by atoms with Gasteiger partial charge >= 0.3 is 0 Å². The number of hydrogen-bond acceptors (Lipinski definition) is 3. The summed E-state index contributed by atoms with van der Waals surface area (Å²) in [6.07, 6.45) is 9.52. The van der Waals surface area contributed by atoms with E-state index in [2.05, 4.69) is 24.1 Å². The van der Waals surface area contributed by atoms with Crippen LogP contribution in [0.4, 0.5) is 0 Å². The predicted molar refractivity (Wildman–Crippen MR) is 78.2 cm³/mol. The smallest absolute Gasteiger partial charge is 0.0701 e. The first-order valence-electron chi connectivity index (χ1n) is 7.70. The number of ether oxygens (including phenoxy) is 1. The minimum atomic E-state index is 0.284. The highest BCUT2D eigenvalue weighted by molar-refractivity contribution is 7.99. The van der Waals surface area contributed by atoms with Crippen molar-refractivity contribution in [3.63, 3.8) is 0 Å². The van der Waals surface area contributed by atoms with E-state index in [1.165, 1.54) is 56.5 Å². The van der Waals surface area contributed by atoms with Crippen LogP contribution in [0.25, 0.3) is 0 Å². The fraction of sp³-hybridized carbons (Fsp3) is 1.00. The fourth-order valence-corrected chi connectivity index (χ4v) is 5.50. The summed E-state index contributed by atoms with van der Waals surface area (Å²) < 4.78 is 6.22. The van der Waals surface area contributed by atoms with Crippen LogP contribution in [0.2, 0.25) is 0 Å². The summed E-state index contributed by atoms with van der Waals surface area (Å²) in [5, 5.41) is 3.47. The van der Waals surface area contributed by atoms with Crippen LogP contribution in [0, 0.1) is 11.8 Å². The zero-order valence-corrected chi connectivity index (χ0v) is 12.4. The minimum Gasteiger partial charge on any atom is -0.375 e. The van der Waals surface area contributed by atoms with Gasteiger partial charge in [0.1, 0.15) is 0 Å². The van der Waals surface area contributed by atoms with Crippen LogP contribution in [-0.2, 0) is 4.74 Å². The van der Waals surface area contributed by atoms with E-state index in [1.54, 1.807) is 0 Å². The normalized spacial score (nSPS) is 40.2. The lowest BCUT2D eigenvalue weighted by Gasteiger charge is -2.45. The molecule has 1 aliphatic carbocycles. The summed E-state index contributed by atoms with van der Waals surface area (Å²) in [4.78, 5) is 0. The lowest BCUT2D eigenvalue weighted by atomic mass is 9.75. The molecule has 2 heterocycles. The third-order valence-electron chi connectivity index (χ3n) is 5.48. The van der Waals surface area contributed by atoms with Crippen molar-refractivity contribution in [1.82, 2.24) is 5.32 Å². The van der Waals surface area contributed by atoms with E-state index in [1.807, 2.05) is 0 Å². The molecule has 0 bridgehead atoms. The van der Waals surface area contributed by atoms with Crippen LogP contribution in [-0.4, -0.2) is 36.8 Å². The second kappa shape index (κ2) is 5.72. The van der Waals surface area contributed by atoms with E-state index in [-0.39, 0.29) is 5.60 Å². The number of hydrogen-bond donors (Lipinski definition) is 1. The first-order valence-corrected chi connectivity index (χ1v) is 8.86. The van der Waals surface area contributed by atoms with Crippen molar-refractivity contribution in [3.8, 4) is 0 Å². The molecule has 3 heteroatoms. The molecule has 18 heavy (non-hydrogen) atoms. The van der Waals surface area contributed by atoms with E-state index in [0.717, 1.165) is 24.5 Å². The quantitative estimate of drug-likeness (QED) is 0.832. The van der Waals surface area contributed by atoms with Gasteiger partial charge in [0.15, 0.2) is 0 Å². The molecule has 1 spiro atoms. The Hall–Kier alpha value is 0.270. The van der Waals surface area contributed by atoms with Crippen LogP contribution >= 0.6 is 11.8 Å². The van der Waals surface area contributed by atoms with Crippen molar-refractivity contribution in [2.24, 2.45) is 11.8 Å². The summed E-state index contributed by atoms with van der Waals surface area (Å²) in [5.74, 6) is 4.55. The highest BCUT2D eigenvalue weighted by Crippen LogP contribution is 2.45. The molecule has 0 radical (unpaired) electrons. The maximum Gasteiger partial charge on any atom is 0.0701 e. The van der Waals surface area contributed by atoms with E-state index in [0.29, 0.717) is 0 Å². The van der Waals surface area contributed by atoms with Crippen molar-refractivity contribution in [2.75, 3.05) is 25.2 Å². The van der Waals surface area contributed by atoms with Gasteiger partial charge in [-0.1, -0.05) is 0 Å². The van der Waals surface area contributed by atoms with Crippen LogP contribution in [0.5, 0.6) is 0 Å². The standard InChI is InChI=1S/C15H27NOS/c1-16-14-3-2-12(10-14)13-4-7-17-15(11-13)5-8-18-9-6-15/h12-14,16H,2-11H2,1H3. The number of rotatable bonds is 2. The molecule has 2 nitrogen and oxygen atoms in total. The first-order chi connectivity index (χ1) is 8.81.